The fraction of sp³-hybridized carbons (Fsp3) is 0.586. The standard InChI is InChI=1S/C29H35N7O3/c1-18(2)12-25-27(38)35-17-29(14-21(35)15-30)22-13-19(7-10-23(22)31-28(29)39)6-4-3-5-11-34(25)26(37)24-16-36(33-32-24)20-8-9-20/h7,10,13,16,18,20-21,25H,3-6,8-9,11-12,14,17H2,1-2H3,(H,31,39)/t21-,25-,29-/m0/s1. The molecule has 0 unspecified atom stereocenters. The molecule has 1 saturated carbocycles. The van der Waals surface area contributed by atoms with Gasteiger partial charge in [-0.15, -0.1) is 5.10 Å². The number of carbonyl (C=O) groups is 3. The van der Waals surface area contributed by atoms with E-state index in [0.29, 0.717) is 19.0 Å². The van der Waals surface area contributed by atoms with Gasteiger partial charge < -0.3 is 15.1 Å². The van der Waals surface area contributed by atoms with Crippen molar-refractivity contribution in [2.24, 2.45) is 5.92 Å². The fourth-order valence-corrected chi connectivity index (χ4v) is 6.45. The van der Waals surface area contributed by atoms with Gasteiger partial charge in [-0.3, -0.25) is 14.4 Å². The molecule has 3 amide bonds. The number of hydrogen-bond donors (Lipinski definition) is 1. The Hall–Kier alpha value is -3.74. The van der Waals surface area contributed by atoms with Crippen molar-refractivity contribution in [2.75, 3.05) is 18.4 Å². The Kier molecular flexibility index (Phi) is 6.40. The third-order valence-corrected chi connectivity index (χ3v) is 8.70. The van der Waals surface area contributed by atoms with E-state index in [2.05, 4.69) is 27.8 Å². The molecule has 0 radical (unpaired) electrons. The maximum atomic E-state index is 14.4. The molecule has 1 spiro atoms. The third kappa shape index (κ3) is 4.48. The number of nitrogens with zero attached hydrogens (tertiary/aromatic N) is 6. The van der Waals surface area contributed by atoms with E-state index < -0.39 is 17.5 Å². The lowest BCUT2D eigenvalue weighted by Gasteiger charge is -2.35. The van der Waals surface area contributed by atoms with Crippen LogP contribution in [0.4, 0.5) is 5.69 Å². The molecule has 3 atom stereocenters. The zero-order valence-corrected chi connectivity index (χ0v) is 22.6. The molecule has 4 aliphatic rings. The zero-order valence-electron chi connectivity index (χ0n) is 22.6. The first-order chi connectivity index (χ1) is 18.8. The van der Waals surface area contributed by atoms with Gasteiger partial charge in [-0.05, 0) is 61.6 Å². The molecule has 1 aromatic heterocycles. The van der Waals surface area contributed by atoms with Crippen molar-refractivity contribution in [2.45, 2.75) is 88.8 Å². The van der Waals surface area contributed by atoms with Gasteiger partial charge in [0.25, 0.3) is 5.91 Å². The van der Waals surface area contributed by atoms with Crippen LogP contribution in [0.1, 0.15) is 86.5 Å². The lowest BCUT2D eigenvalue weighted by atomic mass is 9.79. The first-order valence-electron chi connectivity index (χ1n) is 14.2. The summed E-state index contributed by atoms with van der Waals surface area (Å²) in [5, 5.41) is 21.5. The maximum Gasteiger partial charge on any atom is 0.276 e. The predicted octanol–water partition coefficient (Wildman–Crippen LogP) is 3.21. The SMILES string of the molecule is CC(C)C[C@H]1C(=O)N2C[C@]3(C[C@H]2C#N)C(=O)Nc2ccc(cc23)CCCCCN1C(=O)c1cn(C2CC2)nn1. The minimum Gasteiger partial charge on any atom is -0.325 e. The summed E-state index contributed by atoms with van der Waals surface area (Å²) < 4.78 is 1.75. The molecule has 3 aliphatic heterocycles. The molecular weight excluding hydrogens is 494 g/mol. The van der Waals surface area contributed by atoms with Crippen LogP contribution in [0.25, 0.3) is 0 Å². The predicted molar refractivity (Wildman–Crippen MR) is 143 cm³/mol. The molecule has 10 nitrogen and oxygen atoms in total. The number of fused-ring (bicyclic) bond motifs is 2. The molecule has 4 bridgehead atoms. The Labute approximate surface area is 228 Å². The van der Waals surface area contributed by atoms with Crippen LogP contribution in [-0.4, -0.2) is 67.7 Å². The molecule has 1 N–H and O–H groups in total. The van der Waals surface area contributed by atoms with Crippen LogP contribution >= 0.6 is 0 Å². The number of hydrogen-bond acceptors (Lipinski definition) is 6. The Bertz CT molecular complexity index is 1360. The molecule has 2 aromatic rings. The van der Waals surface area contributed by atoms with Crippen LogP contribution in [0.5, 0.6) is 0 Å². The molecule has 1 saturated heterocycles. The number of nitrogens with one attached hydrogen (secondary N) is 1. The average molecular weight is 530 g/mol. The van der Waals surface area contributed by atoms with E-state index in [1.165, 1.54) is 0 Å². The van der Waals surface area contributed by atoms with Crippen LogP contribution in [0.15, 0.2) is 24.4 Å². The van der Waals surface area contributed by atoms with E-state index in [1.54, 1.807) is 20.7 Å². The summed E-state index contributed by atoms with van der Waals surface area (Å²) in [7, 11) is 0. The highest BCUT2D eigenvalue weighted by Gasteiger charge is 2.57. The van der Waals surface area contributed by atoms with Crippen molar-refractivity contribution in [1.82, 2.24) is 24.8 Å². The Morgan fingerprint density at radius 3 is 2.79 bits per heavy atom. The van der Waals surface area contributed by atoms with Gasteiger partial charge in [0, 0.05) is 25.2 Å². The number of benzene rings is 1. The van der Waals surface area contributed by atoms with Crippen LogP contribution in [-0.2, 0) is 21.4 Å². The third-order valence-electron chi connectivity index (χ3n) is 8.70. The summed E-state index contributed by atoms with van der Waals surface area (Å²) in [5.74, 6) is -0.612. The topological polar surface area (TPSA) is 124 Å². The Morgan fingerprint density at radius 1 is 1.23 bits per heavy atom. The van der Waals surface area contributed by atoms with Crippen LogP contribution in [0.3, 0.4) is 0 Å². The van der Waals surface area contributed by atoms with E-state index in [-0.39, 0.29) is 42.3 Å². The number of aryl methyl sites for hydroxylation is 1. The molecule has 1 aromatic carbocycles. The summed E-state index contributed by atoms with van der Waals surface area (Å²) in [5.41, 5.74) is 2.06. The highest BCUT2D eigenvalue weighted by molar-refractivity contribution is 6.07. The van der Waals surface area contributed by atoms with E-state index in [0.717, 1.165) is 55.3 Å². The Balaban J connectivity index is 1.40. The van der Waals surface area contributed by atoms with Gasteiger partial charge in [-0.1, -0.05) is 37.6 Å². The largest absolute Gasteiger partial charge is 0.325 e. The molecule has 6 rings (SSSR count). The molecule has 204 valence electrons. The van der Waals surface area contributed by atoms with Gasteiger partial charge in [-0.25, -0.2) is 4.68 Å². The second kappa shape index (κ2) is 9.78. The number of nitriles is 1. The summed E-state index contributed by atoms with van der Waals surface area (Å²) in [4.78, 5) is 44.9. The van der Waals surface area contributed by atoms with Gasteiger partial charge in [-0.2, -0.15) is 5.26 Å². The number of aromatic nitrogens is 3. The van der Waals surface area contributed by atoms with Gasteiger partial charge in [0.05, 0.1) is 23.7 Å². The highest BCUT2D eigenvalue weighted by Crippen LogP contribution is 2.47. The minimum atomic E-state index is -0.963. The summed E-state index contributed by atoms with van der Waals surface area (Å²) in [6.07, 6.45) is 7.89. The van der Waals surface area contributed by atoms with E-state index in [1.807, 2.05) is 26.0 Å². The summed E-state index contributed by atoms with van der Waals surface area (Å²) in [6, 6.07) is 7.16. The number of carbonyl (C=O) groups excluding carboxylic acids is 3. The fourth-order valence-electron chi connectivity index (χ4n) is 6.45. The van der Waals surface area contributed by atoms with Crippen LogP contribution in [0.2, 0.25) is 0 Å². The van der Waals surface area contributed by atoms with E-state index >= 15 is 0 Å². The molecule has 2 fully saturated rings. The number of amides is 3. The number of rotatable bonds is 4. The van der Waals surface area contributed by atoms with Crippen molar-refractivity contribution < 1.29 is 14.4 Å². The molecule has 39 heavy (non-hydrogen) atoms. The van der Waals surface area contributed by atoms with E-state index in [9.17, 15) is 19.6 Å². The summed E-state index contributed by atoms with van der Waals surface area (Å²) >= 11 is 0. The second-order valence-electron chi connectivity index (χ2n) is 12.0. The highest BCUT2D eigenvalue weighted by atomic mass is 16.2. The van der Waals surface area contributed by atoms with Crippen LogP contribution < -0.4 is 5.32 Å². The summed E-state index contributed by atoms with van der Waals surface area (Å²) in [6.45, 7) is 4.60. The van der Waals surface area contributed by atoms with Gasteiger partial charge in [0.1, 0.15) is 12.1 Å². The lowest BCUT2D eigenvalue weighted by Crippen LogP contribution is -2.53. The first kappa shape index (κ1) is 25.5. The molecule has 10 heteroatoms. The molecular formula is C29H35N7O3. The Morgan fingerprint density at radius 2 is 2.05 bits per heavy atom. The molecule has 1 aliphatic carbocycles. The number of anilines is 1. The van der Waals surface area contributed by atoms with E-state index in [4.69, 9.17) is 0 Å². The monoisotopic (exact) mass is 529 g/mol. The maximum absolute atomic E-state index is 14.4. The van der Waals surface area contributed by atoms with Gasteiger partial charge in [0.15, 0.2) is 5.69 Å². The van der Waals surface area contributed by atoms with Crippen molar-refractivity contribution in [3.63, 3.8) is 0 Å². The van der Waals surface area contributed by atoms with Gasteiger partial charge in [0.2, 0.25) is 11.8 Å². The minimum absolute atomic E-state index is 0.126. The van der Waals surface area contributed by atoms with Crippen molar-refractivity contribution >= 4 is 23.4 Å². The molecule has 4 heterocycles. The second-order valence-corrected chi connectivity index (χ2v) is 12.0. The smallest absolute Gasteiger partial charge is 0.276 e. The average Bonchev–Trinajstić information content (AvgIpc) is 3.41. The van der Waals surface area contributed by atoms with Crippen molar-refractivity contribution in [3.05, 3.63) is 41.2 Å². The lowest BCUT2D eigenvalue weighted by molar-refractivity contribution is -0.137. The van der Waals surface area contributed by atoms with Crippen molar-refractivity contribution in [1.29, 1.82) is 5.26 Å². The zero-order chi connectivity index (χ0) is 27.3. The first-order valence-corrected chi connectivity index (χ1v) is 14.2. The van der Waals surface area contributed by atoms with Gasteiger partial charge >= 0.3 is 0 Å². The van der Waals surface area contributed by atoms with Crippen molar-refractivity contribution in [3.8, 4) is 6.07 Å². The van der Waals surface area contributed by atoms with Crippen LogP contribution in [0, 0.1) is 17.2 Å². The normalized spacial score (nSPS) is 26.9. The quantitative estimate of drug-likeness (QED) is 0.649.